The number of carbonyl (C=O) groups excluding carboxylic acids is 2. The van der Waals surface area contributed by atoms with Crippen LogP contribution >= 0.6 is 0 Å². The zero-order chi connectivity index (χ0) is 22.5. The van der Waals surface area contributed by atoms with Crippen molar-refractivity contribution in [3.63, 3.8) is 0 Å². The van der Waals surface area contributed by atoms with Crippen molar-refractivity contribution in [1.82, 2.24) is 14.9 Å². The molecule has 4 rings (SSSR count). The fourth-order valence-corrected chi connectivity index (χ4v) is 3.88. The Morgan fingerprint density at radius 2 is 1.91 bits per heavy atom. The summed E-state index contributed by atoms with van der Waals surface area (Å²) in [6.07, 6.45) is 4.93. The molecular weight excluding hydrogens is 411 g/mol. The maximum Gasteiger partial charge on any atom is 0.260 e. The molecule has 1 saturated heterocycles. The van der Waals surface area contributed by atoms with Crippen LogP contribution in [0.3, 0.4) is 0 Å². The molecule has 3 aromatic rings. The molecule has 8 heteroatoms. The first-order valence-corrected chi connectivity index (χ1v) is 10.4. The Hall–Kier alpha value is -3.81. The number of benzene rings is 2. The van der Waals surface area contributed by atoms with Crippen LogP contribution in [0.4, 0.5) is 4.39 Å². The molecule has 0 unspecified atom stereocenters. The van der Waals surface area contributed by atoms with Gasteiger partial charge in [-0.2, -0.15) is 0 Å². The van der Waals surface area contributed by atoms with Gasteiger partial charge < -0.3 is 15.4 Å². The zero-order valence-corrected chi connectivity index (χ0v) is 17.4. The van der Waals surface area contributed by atoms with E-state index in [-0.39, 0.29) is 24.2 Å². The van der Waals surface area contributed by atoms with Gasteiger partial charge in [0.05, 0.1) is 11.4 Å². The summed E-state index contributed by atoms with van der Waals surface area (Å²) in [4.78, 5) is 35.1. The molecule has 7 nitrogen and oxygen atoms in total. The first kappa shape index (κ1) is 21.4. The van der Waals surface area contributed by atoms with Crippen LogP contribution in [0.2, 0.25) is 0 Å². The van der Waals surface area contributed by atoms with Crippen molar-refractivity contribution in [2.24, 2.45) is 5.73 Å². The Bertz CT molecular complexity index is 1120. The fraction of sp³-hybridized carbons (Fsp3) is 0.250. The summed E-state index contributed by atoms with van der Waals surface area (Å²) in [5.41, 5.74) is 8.04. The monoisotopic (exact) mass is 434 g/mol. The van der Waals surface area contributed by atoms with E-state index >= 15 is 0 Å². The van der Waals surface area contributed by atoms with E-state index < -0.39 is 5.91 Å². The standard InChI is InChI=1S/C24H23FN4O3/c25-19-6-8-20(9-7-19)32-15-21(30)29-12-2-5-18(14-29)23-22(27-10-11-28-23)16-3-1-4-17(13-16)24(26)31/h1,3-4,6-11,13,18H,2,5,12,14-15H2,(H2,26,31)/t18-/m0/s1. The lowest BCUT2D eigenvalue weighted by Crippen LogP contribution is -2.41. The quantitative estimate of drug-likeness (QED) is 0.643. The molecule has 32 heavy (non-hydrogen) atoms. The third-order valence-electron chi connectivity index (χ3n) is 5.48. The molecule has 0 saturated carbocycles. The number of carbonyl (C=O) groups is 2. The van der Waals surface area contributed by atoms with Gasteiger partial charge in [0.2, 0.25) is 5.91 Å². The van der Waals surface area contributed by atoms with Crippen molar-refractivity contribution in [1.29, 1.82) is 0 Å². The Morgan fingerprint density at radius 3 is 2.69 bits per heavy atom. The first-order chi connectivity index (χ1) is 15.5. The summed E-state index contributed by atoms with van der Waals surface area (Å²) < 4.78 is 18.5. The van der Waals surface area contributed by atoms with E-state index in [1.54, 1.807) is 35.5 Å². The minimum atomic E-state index is -0.507. The van der Waals surface area contributed by atoms with Gasteiger partial charge in [-0.05, 0) is 49.2 Å². The van der Waals surface area contributed by atoms with Crippen LogP contribution < -0.4 is 10.5 Å². The van der Waals surface area contributed by atoms with Crippen LogP contribution in [0, 0.1) is 5.82 Å². The van der Waals surface area contributed by atoms with E-state index in [0.717, 1.165) is 24.1 Å². The number of primary amides is 1. The van der Waals surface area contributed by atoms with Crippen LogP contribution in [-0.2, 0) is 4.79 Å². The van der Waals surface area contributed by atoms with E-state index in [4.69, 9.17) is 10.5 Å². The molecule has 2 heterocycles. The van der Waals surface area contributed by atoms with Crippen LogP contribution in [0.15, 0.2) is 60.9 Å². The summed E-state index contributed by atoms with van der Waals surface area (Å²) in [7, 11) is 0. The molecule has 0 bridgehead atoms. The van der Waals surface area contributed by atoms with Crippen LogP contribution in [-0.4, -0.2) is 46.4 Å². The van der Waals surface area contributed by atoms with Crippen molar-refractivity contribution in [2.45, 2.75) is 18.8 Å². The topological polar surface area (TPSA) is 98.4 Å². The molecular formula is C24H23FN4O3. The van der Waals surface area contributed by atoms with Gasteiger partial charge in [-0.15, -0.1) is 0 Å². The highest BCUT2D eigenvalue weighted by Crippen LogP contribution is 2.32. The third kappa shape index (κ3) is 4.91. The molecule has 1 fully saturated rings. The third-order valence-corrected chi connectivity index (χ3v) is 5.48. The number of nitrogens with zero attached hydrogens (tertiary/aromatic N) is 3. The van der Waals surface area contributed by atoms with Crippen molar-refractivity contribution in [3.05, 3.63) is 78.0 Å². The Labute approximate surface area is 185 Å². The summed E-state index contributed by atoms with van der Waals surface area (Å²) in [6, 6.07) is 12.6. The van der Waals surface area contributed by atoms with Gasteiger partial charge in [-0.1, -0.05) is 12.1 Å². The van der Waals surface area contributed by atoms with Crippen LogP contribution in [0.1, 0.15) is 34.8 Å². The van der Waals surface area contributed by atoms with Crippen molar-refractivity contribution < 1.29 is 18.7 Å². The van der Waals surface area contributed by atoms with Gasteiger partial charge in [-0.3, -0.25) is 19.6 Å². The lowest BCUT2D eigenvalue weighted by Gasteiger charge is -2.33. The van der Waals surface area contributed by atoms with Crippen molar-refractivity contribution >= 4 is 11.8 Å². The Kier molecular flexibility index (Phi) is 6.39. The van der Waals surface area contributed by atoms with Gasteiger partial charge in [0.1, 0.15) is 11.6 Å². The van der Waals surface area contributed by atoms with E-state index in [0.29, 0.717) is 30.1 Å². The minimum Gasteiger partial charge on any atom is -0.484 e. The average Bonchev–Trinajstić information content (AvgIpc) is 2.83. The van der Waals surface area contributed by atoms with Gasteiger partial charge in [-0.25, -0.2) is 4.39 Å². The fourth-order valence-electron chi connectivity index (χ4n) is 3.88. The van der Waals surface area contributed by atoms with E-state index in [2.05, 4.69) is 9.97 Å². The number of halogens is 1. The summed E-state index contributed by atoms with van der Waals surface area (Å²) >= 11 is 0. The van der Waals surface area contributed by atoms with E-state index in [9.17, 15) is 14.0 Å². The second-order valence-electron chi connectivity index (χ2n) is 7.66. The Balaban J connectivity index is 1.49. The second kappa shape index (κ2) is 9.55. The minimum absolute atomic E-state index is 0.000504. The maximum absolute atomic E-state index is 13.0. The lowest BCUT2D eigenvalue weighted by molar-refractivity contribution is -0.134. The SMILES string of the molecule is NC(=O)c1cccc(-c2nccnc2[C@H]2CCCN(C(=O)COc3ccc(F)cc3)C2)c1. The molecule has 1 aromatic heterocycles. The number of rotatable bonds is 6. The predicted molar refractivity (Wildman–Crippen MR) is 116 cm³/mol. The molecule has 0 aliphatic carbocycles. The Morgan fingerprint density at radius 1 is 1.12 bits per heavy atom. The molecule has 1 aliphatic rings. The van der Waals surface area contributed by atoms with Gasteiger partial charge in [0, 0.05) is 42.5 Å². The molecule has 2 aromatic carbocycles. The molecule has 164 valence electrons. The average molecular weight is 434 g/mol. The smallest absolute Gasteiger partial charge is 0.260 e. The summed E-state index contributed by atoms with van der Waals surface area (Å²) in [5, 5.41) is 0. The number of piperidine rings is 1. The first-order valence-electron chi connectivity index (χ1n) is 10.4. The molecule has 1 atom stereocenters. The van der Waals surface area contributed by atoms with E-state index in [1.165, 1.54) is 24.3 Å². The van der Waals surface area contributed by atoms with E-state index in [1.807, 2.05) is 6.07 Å². The number of aromatic nitrogens is 2. The molecule has 2 amide bonds. The van der Waals surface area contributed by atoms with Gasteiger partial charge in [0.25, 0.3) is 5.91 Å². The van der Waals surface area contributed by atoms with Crippen LogP contribution in [0.25, 0.3) is 11.3 Å². The summed E-state index contributed by atoms with van der Waals surface area (Å²) in [6.45, 7) is 1.01. The number of amides is 2. The highest BCUT2D eigenvalue weighted by atomic mass is 19.1. The number of nitrogens with two attached hydrogens (primary N) is 1. The van der Waals surface area contributed by atoms with Gasteiger partial charge in [0.15, 0.2) is 6.61 Å². The molecule has 0 spiro atoms. The largest absolute Gasteiger partial charge is 0.484 e. The predicted octanol–water partition coefficient (Wildman–Crippen LogP) is 3.17. The number of likely N-dealkylation sites (tertiary alicyclic amines) is 1. The number of hydrogen-bond acceptors (Lipinski definition) is 5. The zero-order valence-electron chi connectivity index (χ0n) is 17.4. The molecule has 2 N–H and O–H groups in total. The normalized spacial score (nSPS) is 15.9. The van der Waals surface area contributed by atoms with Crippen molar-refractivity contribution in [3.8, 4) is 17.0 Å². The maximum atomic E-state index is 13.0. The number of hydrogen-bond donors (Lipinski definition) is 1. The molecule has 1 aliphatic heterocycles. The highest BCUT2D eigenvalue weighted by molar-refractivity contribution is 5.94. The molecule has 0 radical (unpaired) electrons. The number of ether oxygens (including phenoxy) is 1. The lowest BCUT2D eigenvalue weighted by atomic mass is 9.91. The second-order valence-corrected chi connectivity index (χ2v) is 7.66. The van der Waals surface area contributed by atoms with Crippen molar-refractivity contribution in [2.75, 3.05) is 19.7 Å². The summed E-state index contributed by atoms with van der Waals surface area (Å²) in [5.74, 6) is -0.560. The van der Waals surface area contributed by atoms with Crippen LogP contribution in [0.5, 0.6) is 5.75 Å². The van der Waals surface area contributed by atoms with Gasteiger partial charge >= 0.3 is 0 Å². The highest BCUT2D eigenvalue weighted by Gasteiger charge is 2.28.